The number of para-hydroxylation sites is 1. The molecule has 0 bridgehead atoms. The number of nitrogens with zero attached hydrogens (tertiary/aromatic N) is 1. The van der Waals surface area contributed by atoms with Crippen LogP contribution in [0.15, 0.2) is 30.3 Å². The summed E-state index contributed by atoms with van der Waals surface area (Å²) in [6, 6.07) is 15.0. The van der Waals surface area contributed by atoms with E-state index in [0.717, 1.165) is 0 Å². The highest BCUT2D eigenvalue weighted by molar-refractivity contribution is 6.91. The quantitative estimate of drug-likeness (QED) is 0.728. The number of methoxy groups -OCH3 is 1. The molecule has 2 aromatic rings. The van der Waals surface area contributed by atoms with Gasteiger partial charge in [0.2, 0.25) is 0 Å². The third-order valence-electron chi connectivity index (χ3n) is 4.64. The van der Waals surface area contributed by atoms with Gasteiger partial charge in [0.1, 0.15) is 14.8 Å². The summed E-state index contributed by atoms with van der Waals surface area (Å²) < 4.78 is 7.85. The molecule has 0 radical (unpaired) electrons. The smallest absolute Gasteiger partial charge is 0.122 e. The Hall–Kier alpha value is -1.06. The molecule has 0 spiro atoms. The zero-order valence-electron chi connectivity index (χ0n) is 12.6. The molecule has 0 N–H and O–H groups in total. The monoisotopic (exact) mass is 275 g/mol. The first-order valence-corrected chi connectivity index (χ1v) is 9.92. The fourth-order valence-electron chi connectivity index (χ4n) is 3.21. The number of hydrogen-bond acceptors (Lipinski definition) is 1. The van der Waals surface area contributed by atoms with Crippen LogP contribution >= 0.6 is 0 Å². The fourth-order valence-corrected chi connectivity index (χ4v) is 7.02. The Balaban J connectivity index is 2.67. The Morgan fingerprint density at radius 3 is 2.26 bits per heavy atom. The van der Waals surface area contributed by atoms with Crippen molar-refractivity contribution in [1.29, 1.82) is 0 Å². The van der Waals surface area contributed by atoms with E-state index in [1.165, 1.54) is 29.0 Å². The SMILES string of the molecule is CC[Si](CC)(CC)c1cc2ccccc2n1COC. The van der Waals surface area contributed by atoms with Crippen LogP contribution in [0.4, 0.5) is 0 Å². The minimum atomic E-state index is -1.38. The molecule has 0 saturated heterocycles. The Morgan fingerprint density at radius 2 is 1.68 bits per heavy atom. The Labute approximate surface area is 117 Å². The van der Waals surface area contributed by atoms with E-state index in [1.807, 2.05) is 0 Å². The zero-order chi connectivity index (χ0) is 13.9. The summed E-state index contributed by atoms with van der Waals surface area (Å²) in [6.45, 7) is 7.73. The summed E-state index contributed by atoms with van der Waals surface area (Å²) in [5, 5.41) is 2.91. The van der Waals surface area contributed by atoms with E-state index in [2.05, 4.69) is 55.7 Å². The largest absolute Gasteiger partial charge is 0.364 e. The number of benzene rings is 1. The van der Waals surface area contributed by atoms with Gasteiger partial charge in [0.15, 0.2) is 0 Å². The number of fused-ring (bicyclic) bond motifs is 1. The second-order valence-corrected chi connectivity index (χ2v) is 10.5. The van der Waals surface area contributed by atoms with Gasteiger partial charge in [-0.2, -0.15) is 0 Å². The minimum Gasteiger partial charge on any atom is -0.364 e. The van der Waals surface area contributed by atoms with Crippen molar-refractivity contribution in [2.75, 3.05) is 7.11 Å². The standard InChI is InChI=1S/C16H25NOSi/c1-5-19(6-2,7-3)16-12-14-10-8-9-11-15(14)17(16)13-18-4/h8-12H,5-7,13H2,1-4H3. The third-order valence-corrected chi connectivity index (χ3v) is 10.2. The lowest BCUT2D eigenvalue weighted by Crippen LogP contribution is -2.49. The van der Waals surface area contributed by atoms with Crippen LogP contribution in [0.2, 0.25) is 18.1 Å². The van der Waals surface area contributed by atoms with Gasteiger partial charge >= 0.3 is 0 Å². The Kier molecular flexibility index (Phi) is 4.48. The van der Waals surface area contributed by atoms with Crippen LogP contribution < -0.4 is 5.32 Å². The van der Waals surface area contributed by atoms with Crippen LogP contribution in [0, 0.1) is 0 Å². The van der Waals surface area contributed by atoms with Crippen LogP contribution in [0.5, 0.6) is 0 Å². The average Bonchev–Trinajstić information content (AvgIpc) is 2.82. The van der Waals surface area contributed by atoms with Gasteiger partial charge in [-0.15, -0.1) is 0 Å². The highest BCUT2D eigenvalue weighted by Gasteiger charge is 2.33. The van der Waals surface area contributed by atoms with Crippen LogP contribution in [-0.4, -0.2) is 19.8 Å². The maximum atomic E-state index is 5.45. The van der Waals surface area contributed by atoms with Crippen molar-refractivity contribution in [1.82, 2.24) is 4.57 Å². The predicted molar refractivity (Wildman–Crippen MR) is 85.8 cm³/mol. The molecule has 2 rings (SSSR count). The van der Waals surface area contributed by atoms with Crippen molar-refractivity contribution in [2.45, 2.75) is 45.6 Å². The van der Waals surface area contributed by atoms with E-state index in [1.54, 1.807) is 12.4 Å². The van der Waals surface area contributed by atoms with Gasteiger partial charge in [-0.05, 0) is 17.5 Å². The second-order valence-electron chi connectivity index (χ2n) is 5.28. The number of aromatic nitrogens is 1. The molecule has 0 amide bonds. The van der Waals surface area contributed by atoms with Gasteiger partial charge in [-0.25, -0.2) is 0 Å². The molecule has 19 heavy (non-hydrogen) atoms. The van der Waals surface area contributed by atoms with Gasteiger partial charge in [0, 0.05) is 17.9 Å². The van der Waals surface area contributed by atoms with E-state index < -0.39 is 8.07 Å². The Bertz CT molecular complexity index is 534. The maximum absolute atomic E-state index is 5.45. The lowest BCUT2D eigenvalue weighted by atomic mass is 10.2. The molecule has 0 aliphatic carbocycles. The summed E-state index contributed by atoms with van der Waals surface area (Å²) in [6.07, 6.45) is 0. The van der Waals surface area contributed by atoms with E-state index in [4.69, 9.17) is 4.74 Å². The fraction of sp³-hybridized carbons (Fsp3) is 0.500. The predicted octanol–water partition coefficient (Wildman–Crippen LogP) is 3.96. The van der Waals surface area contributed by atoms with Crippen molar-refractivity contribution in [3.63, 3.8) is 0 Å². The zero-order valence-corrected chi connectivity index (χ0v) is 13.6. The number of rotatable bonds is 6. The molecular formula is C16H25NOSi. The highest BCUT2D eigenvalue weighted by Crippen LogP contribution is 2.24. The molecule has 104 valence electrons. The first kappa shape index (κ1) is 14.3. The van der Waals surface area contributed by atoms with Crippen molar-refractivity contribution in [2.24, 2.45) is 0 Å². The maximum Gasteiger partial charge on any atom is 0.122 e. The van der Waals surface area contributed by atoms with Crippen LogP contribution in [0.25, 0.3) is 10.9 Å². The molecule has 1 aromatic heterocycles. The summed E-state index contributed by atoms with van der Waals surface area (Å²) in [5.41, 5.74) is 1.31. The van der Waals surface area contributed by atoms with Crippen LogP contribution in [0.3, 0.4) is 0 Å². The summed E-state index contributed by atoms with van der Waals surface area (Å²) in [5.74, 6) is 0. The van der Waals surface area contributed by atoms with Crippen LogP contribution in [-0.2, 0) is 11.5 Å². The van der Waals surface area contributed by atoms with E-state index in [9.17, 15) is 0 Å². The lowest BCUT2D eigenvalue weighted by molar-refractivity contribution is 0.137. The van der Waals surface area contributed by atoms with E-state index in [-0.39, 0.29) is 0 Å². The van der Waals surface area contributed by atoms with Gasteiger partial charge in [0.25, 0.3) is 0 Å². The minimum absolute atomic E-state index is 0.664. The van der Waals surface area contributed by atoms with E-state index >= 15 is 0 Å². The Morgan fingerprint density at radius 1 is 1.05 bits per heavy atom. The molecule has 0 saturated carbocycles. The van der Waals surface area contributed by atoms with Gasteiger partial charge in [-0.1, -0.05) is 57.1 Å². The molecular weight excluding hydrogens is 250 g/mol. The van der Waals surface area contributed by atoms with Crippen molar-refractivity contribution in [3.8, 4) is 0 Å². The van der Waals surface area contributed by atoms with Crippen molar-refractivity contribution >= 4 is 24.3 Å². The highest BCUT2D eigenvalue weighted by atomic mass is 28.3. The van der Waals surface area contributed by atoms with Gasteiger partial charge < -0.3 is 9.30 Å². The second kappa shape index (κ2) is 5.93. The van der Waals surface area contributed by atoms with Crippen molar-refractivity contribution in [3.05, 3.63) is 30.3 Å². The molecule has 1 aromatic carbocycles. The van der Waals surface area contributed by atoms with Crippen LogP contribution in [0.1, 0.15) is 20.8 Å². The molecule has 0 aliphatic rings. The van der Waals surface area contributed by atoms with Gasteiger partial charge in [-0.3, -0.25) is 0 Å². The van der Waals surface area contributed by atoms with Gasteiger partial charge in [0.05, 0.1) is 0 Å². The van der Waals surface area contributed by atoms with Crippen molar-refractivity contribution < 1.29 is 4.74 Å². The number of hydrogen-bond donors (Lipinski definition) is 0. The number of ether oxygens (including phenoxy) is 1. The lowest BCUT2D eigenvalue weighted by Gasteiger charge is -2.29. The molecule has 0 aliphatic heterocycles. The molecule has 3 heteroatoms. The van der Waals surface area contributed by atoms with E-state index in [0.29, 0.717) is 6.73 Å². The third kappa shape index (κ3) is 2.37. The first-order chi connectivity index (χ1) is 9.22. The normalized spacial score (nSPS) is 12.2. The summed E-state index contributed by atoms with van der Waals surface area (Å²) in [4.78, 5) is 0. The molecule has 0 fully saturated rings. The molecule has 0 unspecified atom stereocenters. The average molecular weight is 275 g/mol. The molecule has 1 heterocycles. The topological polar surface area (TPSA) is 14.2 Å². The molecule has 2 nitrogen and oxygen atoms in total. The summed E-state index contributed by atoms with van der Waals surface area (Å²) >= 11 is 0. The molecule has 0 atom stereocenters. The summed E-state index contributed by atoms with van der Waals surface area (Å²) in [7, 11) is 0.408. The first-order valence-electron chi connectivity index (χ1n) is 7.30.